The normalized spacial score (nSPS) is 9.27. The van der Waals surface area contributed by atoms with Gasteiger partial charge in [0, 0.05) is 21.4 Å². The molecule has 7 heteroatoms. The number of hydrogen-bond donors (Lipinski definition) is 0. The van der Waals surface area contributed by atoms with Crippen molar-refractivity contribution in [1.82, 2.24) is 0 Å². The number of halogens is 3. The van der Waals surface area contributed by atoms with Crippen molar-refractivity contribution in [3.8, 4) is 5.75 Å². The lowest BCUT2D eigenvalue weighted by atomic mass is 10.3. The van der Waals surface area contributed by atoms with Crippen LogP contribution in [0.3, 0.4) is 0 Å². The second kappa shape index (κ2) is 8.76. The molecular formula is C8H11Cl2FO3S. The highest BCUT2D eigenvalue weighted by Crippen LogP contribution is 2.06. The van der Waals surface area contributed by atoms with Crippen molar-refractivity contribution in [3.05, 3.63) is 30.3 Å². The SMILES string of the molecule is CCOc1ccccc1.F.O=S(=O)(Cl)Cl. The largest absolute Gasteiger partial charge is 0.494 e. The van der Waals surface area contributed by atoms with Crippen molar-refractivity contribution >= 4 is 29.6 Å². The Kier molecular flexibility index (Phi) is 9.87. The molecule has 0 amide bonds. The van der Waals surface area contributed by atoms with Crippen LogP contribution in [-0.2, 0) is 8.26 Å². The standard InChI is InChI=1S/C8H10O.Cl2O2S.FH/c1-2-9-8-6-4-3-5-7-8;1-5(2,3)4;/h3-7H,2H2,1H3;;1H. The Morgan fingerprint density at radius 2 is 1.60 bits per heavy atom. The van der Waals surface area contributed by atoms with Crippen LogP contribution in [0.5, 0.6) is 5.75 Å². The Labute approximate surface area is 97.2 Å². The maximum Gasteiger partial charge on any atom is 0.317 e. The van der Waals surface area contributed by atoms with Gasteiger partial charge in [-0.25, -0.2) is 0 Å². The Morgan fingerprint density at radius 1 is 1.20 bits per heavy atom. The molecule has 15 heavy (non-hydrogen) atoms. The minimum absolute atomic E-state index is 0. The maximum absolute atomic E-state index is 9.16. The molecule has 0 aliphatic heterocycles. The van der Waals surface area contributed by atoms with Crippen LogP contribution in [0, 0.1) is 0 Å². The van der Waals surface area contributed by atoms with Crippen LogP contribution in [-0.4, -0.2) is 15.0 Å². The average molecular weight is 277 g/mol. The predicted octanol–water partition coefficient (Wildman–Crippen LogP) is 2.95. The third-order valence-corrected chi connectivity index (χ3v) is 1.05. The van der Waals surface area contributed by atoms with Crippen molar-refractivity contribution in [1.29, 1.82) is 0 Å². The molecule has 0 unspecified atom stereocenters. The van der Waals surface area contributed by atoms with Crippen LogP contribution in [0.15, 0.2) is 30.3 Å². The molecule has 1 rings (SSSR count). The highest BCUT2D eigenvalue weighted by atomic mass is 36.0. The molecule has 0 aliphatic rings. The monoisotopic (exact) mass is 276 g/mol. The van der Waals surface area contributed by atoms with Gasteiger partial charge in [0.1, 0.15) is 5.75 Å². The first-order valence-corrected chi connectivity index (χ1v) is 6.89. The summed E-state index contributed by atoms with van der Waals surface area (Å²) in [7, 11) is 4.81. The number of ether oxygens (including phenoxy) is 1. The van der Waals surface area contributed by atoms with E-state index in [0.29, 0.717) is 0 Å². The quantitative estimate of drug-likeness (QED) is 0.780. The van der Waals surface area contributed by atoms with Gasteiger partial charge in [0.2, 0.25) is 0 Å². The third kappa shape index (κ3) is 16.2. The Morgan fingerprint density at radius 3 is 1.93 bits per heavy atom. The topological polar surface area (TPSA) is 43.4 Å². The molecule has 0 fully saturated rings. The van der Waals surface area contributed by atoms with E-state index in [9.17, 15) is 0 Å². The highest BCUT2D eigenvalue weighted by molar-refractivity contribution is 8.31. The fraction of sp³-hybridized carbons (Fsp3) is 0.250. The third-order valence-electron chi connectivity index (χ3n) is 1.05. The average Bonchev–Trinajstić information content (AvgIpc) is 2.03. The zero-order chi connectivity index (χ0) is 11.0. The minimum atomic E-state index is -3.72. The van der Waals surface area contributed by atoms with Crippen LogP contribution < -0.4 is 4.74 Å². The van der Waals surface area contributed by atoms with Gasteiger partial charge in [-0.3, -0.25) is 4.70 Å². The second-order valence-electron chi connectivity index (χ2n) is 2.12. The van der Waals surface area contributed by atoms with Gasteiger partial charge in [0.15, 0.2) is 0 Å². The van der Waals surface area contributed by atoms with Gasteiger partial charge in [-0.05, 0) is 19.1 Å². The fourth-order valence-corrected chi connectivity index (χ4v) is 0.683. The number of hydrogen-bond acceptors (Lipinski definition) is 3. The predicted molar refractivity (Wildman–Crippen MR) is 60.7 cm³/mol. The molecule has 0 N–H and O–H groups in total. The van der Waals surface area contributed by atoms with Crippen molar-refractivity contribution in [2.24, 2.45) is 0 Å². The van der Waals surface area contributed by atoms with E-state index < -0.39 is 8.26 Å². The van der Waals surface area contributed by atoms with E-state index in [0.717, 1.165) is 12.4 Å². The van der Waals surface area contributed by atoms with Gasteiger partial charge in [-0.1, -0.05) is 18.2 Å². The molecule has 0 heterocycles. The van der Waals surface area contributed by atoms with Crippen LogP contribution in [0.4, 0.5) is 4.70 Å². The zero-order valence-electron chi connectivity index (χ0n) is 7.89. The summed E-state index contributed by atoms with van der Waals surface area (Å²) in [5.74, 6) is 0.944. The van der Waals surface area contributed by atoms with Crippen molar-refractivity contribution in [2.45, 2.75) is 6.92 Å². The smallest absolute Gasteiger partial charge is 0.317 e. The molecule has 0 atom stereocenters. The van der Waals surface area contributed by atoms with Gasteiger partial charge in [0.05, 0.1) is 6.61 Å². The molecule has 88 valence electrons. The maximum atomic E-state index is 9.16. The minimum Gasteiger partial charge on any atom is -0.494 e. The van der Waals surface area contributed by atoms with E-state index >= 15 is 0 Å². The number of para-hydroxylation sites is 1. The van der Waals surface area contributed by atoms with Crippen molar-refractivity contribution in [2.75, 3.05) is 6.61 Å². The van der Waals surface area contributed by atoms with Crippen LogP contribution in [0.2, 0.25) is 0 Å². The summed E-state index contributed by atoms with van der Waals surface area (Å²) in [5.41, 5.74) is 0. The van der Waals surface area contributed by atoms with Crippen molar-refractivity contribution < 1.29 is 17.9 Å². The summed E-state index contributed by atoms with van der Waals surface area (Å²) in [6.45, 7) is 2.72. The van der Waals surface area contributed by atoms with Gasteiger partial charge < -0.3 is 4.74 Å². The Hall–Kier alpha value is -0.520. The van der Waals surface area contributed by atoms with E-state index in [-0.39, 0.29) is 4.70 Å². The van der Waals surface area contributed by atoms with Gasteiger partial charge >= 0.3 is 8.26 Å². The number of benzene rings is 1. The van der Waals surface area contributed by atoms with Crippen LogP contribution in [0.1, 0.15) is 6.92 Å². The first-order valence-electron chi connectivity index (χ1n) is 3.75. The van der Waals surface area contributed by atoms with E-state index in [4.69, 9.17) is 13.2 Å². The summed E-state index contributed by atoms with van der Waals surface area (Å²) in [6, 6.07) is 9.80. The lowest BCUT2D eigenvalue weighted by molar-refractivity contribution is 0.340. The molecule has 3 nitrogen and oxygen atoms in total. The number of rotatable bonds is 2. The molecule has 0 spiro atoms. The summed E-state index contributed by atoms with van der Waals surface area (Å²) in [6.07, 6.45) is 0. The zero-order valence-corrected chi connectivity index (χ0v) is 10.2. The lowest BCUT2D eigenvalue weighted by Crippen LogP contribution is -1.89. The molecule has 0 saturated carbocycles. The van der Waals surface area contributed by atoms with Gasteiger partial charge in [0.25, 0.3) is 0 Å². The van der Waals surface area contributed by atoms with Gasteiger partial charge in [-0.2, -0.15) is 8.42 Å². The van der Waals surface area contributed by atoms with E-state index in [1.165, 1.54) is 0 Å². The van der Waals surface area contributed by atoms with E-state index in [1.54, 1.807) is 0 Å². The van der Waals surface area contributed by atoms with Gasteiger partial charge in [-0.15, -0.1) is 0 Å². The Bertz CT molecular complexity index is 334. The van der Waals surface area contributed by atoms with Crippen molar-refractivity contribution in [3.63, 3.8) is 0 Å². The second-order valence-corrected chi connectivity index (χ2v) is 5.79. The van der Waals surface area contributed by atoms with Crippen LogP contribution in [0.25, 0.3) is 0 Å². The molecule has 0 saturated heterocycles. The highest BCUT2D eigenvalue weighted by Gasteiger charge is 1.88. The first kappa shape index (κ1) is 16.9. The fourth-order valence-electron chi connectivity index (χ4n) is 0.683. The first-order chi connectivity index (χ1) is 6.43. The summed E-state index contributed by atoms with van der Waals surface area (Å²) in [4.78, 5) is 0. The molecule has 0 radical (unpaired) electrons. The molecule has 1 aromatic carbocycles. The van der Waals surface area contributed by atoms with Crippen LogP contribution >= 0.6 is 21.4 Å². The molecule has 0 aliphatic carbocycles. The summed E-state index contributed by atoms with van der Waals surface area (Å²) >= 11 is 0. The molecule has 0 aromatic heterocycles. The van der Waals surface area contributed by atoms with E-state index in [2.05, 4.69) is 21.4 Å². The molecule has 1 aromatic rings. The molecule has 0 bridgehead atoms. The lowest BCUT2D eigenvalue weighted by Gasteiger charge is -1.99. The van der Waals surface area contributed by atoms with E-state index in [1.807, 2.05) is 37.3 Å². The Balaban J connectivity index is 0. The summed E-state index contributed by atoms with van der Waals surface area (Å²) < 4.78 is 23.5. The summed E-state index contributed by atoms with van der Waals surface area (Å²) in [5, 5.41) is 0. The molecular weight excluding hydrogens is 266 g/mol.